The number of carbonyl (C=O) groups is 1. The zero-order chi connectivity index (χ0) is 15.0. The van der Waals surface area contributed by atoms with E-state index in [1.807, 2.05) is 26.2 Å². The fourth-order valence-electron chi connectivity index (χ4n) is 3.13. The predicted molar refractivity (Wildman–Crippen MR) is 85.4 cm³/mol. The largest absolute Gasteiger partial charge is 0.328 e. The number of aryl methyl sites for hydroxylation is 2. The van der Waals surface area contributed by atoms with E-state index < -0.39 is 0 Å². The Labute approximate surface area is 130 Å². The molecule has 6 heteroatoms. The van der Waals surface area contributed by atoms with E-state index >= 15 is 0 Å². The van der Waals surface area contributed by atoms with Crippen LogP contribution in [0.15, 0.2) is 11.9 Å². The minimum atomic E-state index is -0.00449. The van der Waals surface area contributed by atoms with E-state index in [2.05, 4.69) is 10.4 Å². The number of rotatable bonds is 2. The standard InChI is InChI=1S/C15H20N4OS/c1-10-11(9-18(2)17-10)8-13-14(20)19(15(21)16-13)12-6-4-3-5-7-12/h8-9,12H,3-7H2,1-2H3,(H,16,21). The number of amides is 1. The van der Waals surface area contributed by atoms with Gasteiger partial charge in [-0.3, -0.25) is 14.4 Å². The molecule has 0 atom stereocenters. The highest BCUT2D eigenvalue weighted by molar-refractivity contribution is 7.80. The highest BCUT2D eigenvalue weighted by atomic mass is 32.1. The Balaban J connectivity index is 1.84. The van der Waals surface area contributed by atoms with Gasteiger partial charge in [0.2, 0.25) is 0 Å². The van der Waals surface area contributed by atoms with Crippen LogP contribution in [0.2, 0.25) is 0 Å². The zero-order valence-electron chi connectivity index (χ0n) is 12.4. The number of hydrogen-bond donors (Lipinski definition) is 1. The van der Waals surface area contributed by atoms with E-state index in [1.165, 1.54) is 19.3 Å². The second kappa shape index (κ2) is 5.60. The Bertz CT molecular complexity index is 613. The first kappa shape index (κ1) is 14.3. The summed E-state index contributed by atoms with van der Waals surface area (Å²) in [5.74, 6) is -0.00449. The van der Waals surface area contributed by atoms with Crippen molar-refractivity contribution in [3.8, 4) is 0 Å². The topological polar surface area (TPSA) is 50.2 Å². The summed E-state index contributed by atoms with van der Waals surface area (Å²) in [6.45, 7) is 1.93. The van der Waals surface area contributed by atoms with Gasteiger partial charge in [0.25, 0.3) is 5.91 Å². The molecule has 1 saturated carbocycles. The average molecular weight is 304 g/mol. The summed E-state index contributed by atoms with van der Waals surface area (Å²) in [4.78, 5) is 14.4. The number of carbonyl (C=O) groups excluding carboxylic acids is 1. The molecule has 1 aromatic heterocycles. The van der Waals surface area contributed by atoms with Crippen molar-refractivity contribution < 1.29 is 4.79 Å². The lowest BCUT2D eigenvalue weighted by atomic mass is 9.94. The van der Waals surface area contributed by atoms with Crippen molar-refractivity contribution in [3.05, 3.63) is 23.2 Å². The van der Waals surface area contributed by atoms with Gasteiger partial charge in [-0.05, 0) is 38.1 Å². The molecule has 1 aliphatic heterocycles. The van der Waals surface area contributed by atoms with Crippen molar-refractivity contribution in [3.63, 3.8) is 0 Å². The number of hydrogen-bond acceptors (Lipinski definition) is 3. The number of nitrogens with one attached hydrogen (secondary N) is 1. The van der Waals surface area contributed by atoms with E-state index in [1.54, 1.807) is 9.58 Å². The van der Waals surface area contributed by atoms with Crippen molar-refractivity contribution in [1.29, 1.82) is 0 Å². The fourth-order valence-corrected chi connectivity index (χ4v) is 3.48. The highest BCUT2D eigenvalue weighted by Crippen LogP contribution is 2.27. The van der Waals surface area contributed by atoms with Crippen molar-refractivity contribution in [2.24, 2.45) is 7.05 Å². The zero-order valence-corrected chi connectivity index (χ0v) is 13.2. The molecule has 21 heavy (non-hydrogen) atoms. The normalized spacial score (nSPS) is 22.2. The first-order valence-corrected chi connectivity index (χ1v) is 7.83. The van der Waals surface area contributed by atoms with Gasteiger partial charge in [0.05, 0.1) is 5.69 Å². The molecule has 1 aromatic rings. The van der Waals surface area contributed by atoms with Crippen molar-refractivity contribution in [2.75, 3.05) is 0 Å². The Morgan fingerprint density at radius 2 is 2.10 bits per heavy atom. The molecule has 1 amide bonds. The first-order valence-electron chi connectivity index (χ1n) is 7.43. The van der Waals surface area contributed by atoms with Crippen molar-refractivity contribution in [2.45, 2.75) is 45.1 Å². The Kier molecular flexibility index (Phi) is 3.80. The molecule has 0 aromatic carbocycles. The quantitative estimate of drug-likeness (QED) is 0.672. The summed E-state index contributed by atoms with van der Waals surface area (Å²) in [5.41, 5.74) is 2.41. The van der Waals surface area contributed by atoms with Gasteiger partial charge in [-0.25, -0.2) is 0 Å². The van der Waals surface area contributed by atoms with Crippen LogP contribution in [0.4, 0.5) is 0 Å². The number of thiocarbonyl (C=S) groups is 1. The molecule has 2 heterocycles. The van der Waals surface area contributed by atoms with Gasteiger partial charge in [0, 0.05) is 24.8 Å². The number of aromatic nitrogens is 2. The first-order chi connectivity index (χ1) is 10.1. The molecule has 1 saturated heterocycles. The van der Waals surface area contributed by atoms with Crippen LogP contribution in [0.25, 0.3) is 6.08 Å². The van der Waals surface area contributed by atoms with Crippen LogP contribution in [0.3, 0.4) is 0 Å². The van der Waals surface area contributed by atoms with Crippen LogP contribution in [0.1, 0.15) is 43.4 Å². The molecule has 0 radical (unpaired) electrons. The van der Waals surface area contributed by atoms with Crippen LogP contribution in [0.5, 0.6) is 0 Å². The van der Waals surface area contributed by atoms with E-state index in [4.69, 9.17) is 12.2 Å². The molecule has 2 fully saturated rings. The van der Waals surface area contributed by atoms with Gasteiger partial charge in [-0.1, -0.05) is 19.3 Å². The van der Waals surface area contributed by atoms with Crippen molar-refractivity contribution in [1.82, 2.24) is 20.0 Å². The maximum absolute atomic E-state index is 12.6. The molecular formula is C15H20N4OS. The highest BCUT2D eigenvalue weighted by Gasteiger charge is 2.36. The third kappa shape index (κ3) is 2.72. The molecule has 1 N–H and O–H groups in total. The van der Waals surface area contributed by atoms with Crippen LogP contribution in [-0.2, 0) is 11.8 Å². The summed E-state index contributed by atoms with van der Waals surface area (Å²) in [6.07, 6.45) is 9.47. The SMILES string of the molecule is Cc1nn(C)cc1C=C1NC(=S)N(C2CCCCC2)C1=O. The third-order valence-corrected chi connectivity index (χ3v) is 4.50. The molecule has 0 spiro atoms. The van der Waals surface area contributed by atoms with Gasteiger partial charge >= 0.3 is 0 Å². The Morgan fingerprint density at radius 3 is 2.71 bits per heavy atom. The van der Waals surface area contributed by atoms with Gasteiger partial charge in [0.1, 0.15) is 5.70 Å². The van der Waals surface area contributed by atoms with Gasteiger partial charge in [-0.2, -0.15) is 5.10 Å². The van der Waals surface area contributed by atoms with Gasteiger partial charge in [0.15, 0.2) is 5.11 Å². The van der Waals surface area contributed by atoms with Crippen LogP contribution < -0.4 is 5.32 Å². The van der Waals surface area contributed by atoms with Gasteiger partial charge < -0.3 is 5.32 Å². The average Bonchev–Trinajstić information content (AvgIpc) is 2.91. The maximum atomic E-state index is 12.6. The summed E-state index contributed by atoms with van der Waals surface area (Å²) in [5, 5.41) is 7.90. The summed E-state index contributed by atoms with van der Waals surface area (Å²) >= 11 is 5.36. The molecule has 112 valence electrons. The van der Waals surface area contributed by atoms with Gasteiger partial charge in [-0.15, -0.1) is 0 Å². The molecule has 5 nitrogen and oxygen atoms in total. The lowest BCUT2D eigenvalue weighted by molar-refractivity contribution is -0.124. The van der Waals surface area contributed by atoms with E-state index in [9.17, 15) is 4.79 Å². The van der Waals surface area contributed by atoms with Crippen LogP contribution in [-0.4, -0.2) is 31.7 Å². The fraction of sp³-hybridized carbons (Fsp3) is 0.533. The molecule has 3 rings (SSSR count). The molecule has 1 aliphatic carbocycles. The lowest BCUT2D eigenvalue weighted by Gasteiger charge is -2.29. The summed E-state index contributed by atoms with van der Waals surface area (Å²) in [7, 11) is 1.87. The smallest absolute Gasteiger partial charge is 0.276 e. The summed E-state index contributed by atoms with van der Waals surface area (Å²) in [6, 6.07) is 0.257. The predicted octanol–water partition coefficient (Wildman–Crippen LogP) is 2.12. The monoisotopic (exact) mass is 304 g/mol. The maximum Gasteiger partial charge on any atom is 0.276 e. The summed E-state index contributed by atoms with van der Waals surface area (Å²) < 4.78 is 1.75. The third-order valence-electron chi connectivity index (χ3n) is 4.20. The van der Waals surface area contributed by atoms with E-state index in [0.29, 0.717) is 10.8 Å². The van der Waals surface area contributed by atoms with Crippen molar-refractivity contribution >= 4 is 29.3 Å². The number of nitrogens with zero attached hydrogens (tertiary/aromatic N) is 3. The van der Waals surface area contributed by atoms with Crippen LogP contribution >= 0.6 is 12.2 Å². The minimum Gasteiger partial charge on any atom is -0.328 e. The lowest BCUT2D eigenvalue weighted by Crippen LogP contribution is -2.41. The molecule has 2 aliphatic rings. The molecule has 0 unspecified atom stereocenters. The minimum absolute atomic E-state index is 0.00449. The second-order valence-electron chi connectivity index (χ2n) is 5.80. The molecular weight excluding hydrogens is 284 g/mol. The molecule has 0 bridgehead atoms. The van der Waals surface area contributed by atoms with E-state index in [-0.39, 0.29) is 11.9 Å². The van der Waals surface area contributed by atoms with Crippen LogP contribution in [0, 0.1) is 6.92 Å². The second-order valence-corrected chi connectivity index (χ2v) is 6.19. The Morgan fingerprint density at radius 1 is 1.38 bits per heavy atom. The Hall–Kier alpha value is -1.69. The van der Waals surface area contributed by atoms with E-state index in [0.717, 1.165) is 24.1 Å².